The van der Waals surface area contributed by atoms with Crippen LogP contribution in [0, 0.1) is 0 Å². The molecule has 1 N–H and O–H groups in total. The smallest absolute Gasteiger partial charge is 0.211 e. The molecule has 0 aliphatic heterocycles. The lowest BCUT2D eigenvalue weighted by Crippen LogP contribution is -2.02. The van der Waals surface area contributed by atoms with Crippen LogP contribution in [0.15, 0.2) is 24.3 Å². The minimum absolute atomic E-state index is 0.164. The molecule has 5 heteroatoms. The highest BCUT2D eigenvalue weighted by molar-refractivity contribution is 7.15. The summed E-state index contributed by atoms with van der Waals surface area (Å²) in [7, 11) is 4.26. The van der Waals surface area contributed by atoms with Crippen molar-refractivity contribution >= 4 is 27.3 Å². The lowest BCUT2D eigenvalue weighted by Gasteiger charge is -2.08. The number of para-hydroxylation sites is 2. The Hall–Kier alpha value is -1.38. The maximum atomic E-state index is 10.2. The molecule has 0 aliphatic rings. The summed E-state index contributed by atoms with van der Waals surface area (Å²) < 4.78 is 9.94. The van der Waals surface area contributed by atoms with Gasteiger partial charge in [0.2, 0.25) is 6.41 Å². The molecule has 15 heavy (non-hydrogen) atoms. The van der Waals surface area contributed by atoms with Gasteiger partial charge in [0, 0.05) is 7.11 Å². The second-order valence-electron chi connectivity index (χ2n) is 2.31. The van der Waals surface area contributed by atoms with E-state index in [2.05, 4.69) is 20.5 Å². The minimum Gasteiger partial charge on any atom is -0.465 e. The van der Waals surface area contributed by atoms with Crippen molar-refractivity contribution in [2.24, 2.45) is 0 Å². The van der Waals surface area contributed by atoms with Crippen LogP contribution in [0.25, 0.3) is 0 Å². The highest BCUT2D eigenvalue weighted by Gasteiger charge is 1.99. The summed E-state index contributed by atoms with van der Waals surface area (Å²) in [6.45, 7) is 0.164. The van der Waals surface area contributed by atoms with Crippen molar-refractivity contribution in [2.75, 3.05) is 19.2 Å². The van der Waals surface area contributed by atoms with E-state index in [4.69, 9.17) is 9.47 Å². The van der Waals surface area contributed by atoms with Crippen molar-refractivity contribution in [2.45, 2.75) is 0 Å². The van der Waals surface area contributed by atoms with E-state index in [1.54, 1.807) is 12.1 Å². The van der Waals surface area contributed by atoms with Gasteiger partial charge in [-0.05, 0) is 12.1 Å². The van der Waals surface area contributed by atoms with Gasteiger partial charge in [-0.2, -0.15) is 0 Å². The number of methoxy groups -OCH3 is 1. The van der Waals surface area contributed by atoms with Gasteiger partial charge in [0.05, 0.1) is 5.69 Å². The summed E-state index contributed by atoms with van der Waals surface area (Å²) in [6, 6.07) is 7.14. The van der Waals surface area contributed by atoms with Crippen molar-refractivity contribution in [3.8, 4) is 5.75 Å². The Morgan fingerprint density at radius 3 is 2.73 bits per heavy atom. The summed E-state index contributed by atoms with van der Waals surface area (Å²) >= 11 is 0. The standard InChI is InChI=1S/C9H11NO3.CH3P/c1-12-7-13-9-5-3-2-4-8(9)10-6-11;1-2/h2-6H,7H2,1H3,(H,10,11);2H,1H2. The van der Waals surface area contributed by atoms with Gasteiger partial charge >= 0.3 is 0 Å². The zero-order valence-corrected chi connectivity index (χ0v) is 9.53. The van der Waals surface area contributed by atoms with Gasteiger partial charge in [-0.1, -0.05) is 18.4 Å². The number of rotatable bonds is 5. The van der Waals surface area contributed by atoms with Crippen LogP contribution in [0.1, 0.15) is 0 Å². The predicted molar refractivity (Wildman–Crippen MR) is 64.1 cm³/mol. The van der Waals surface area contributed by atoms with Crippen molar-refractivity contribution in [1.29, 1.82) is 0 Å². The zero-order chi connectivity index (χ0) is 11.5. The molecule has 0 unspecified atom stereocenters. The number of nitrogens with one attached hydrogen (secondary N) is 1. The number of hydrogen-bond acceptors (Lipinski definition) is 3. The molecule has 82 valence electrons. The second kappa shape index (κ2) is 9.19. The maximum absolute atomic E-state index is 10.2. The van der Waals surface area contributed by atoms with Crippen LogP contribution in [-0.4, -0.2) is 26.6 Å². The van der Waals surface area contributed by atoms with Crippen LogP contribution < -0.4 is 10.1 Å². The molecule has 0 saturated carbocycles. The lowest BCUT2D eigenvalue weighted by atomic mass is 10.3. The quantitative estimate of drug-likeness (QED) is 0.474. The number of hydrogen-bond donors (Lipinski definition) is 1. The summed E-state index contributed by atoms with van der Waals surface area (Å²) in [5.41, 5.74) is 0.634. The van der Waals surface area contributed by atoms with Crippen molar-refractivity contribution in [1.82, 2.24) is 0 Å². The van der Waals surface area contributed by atoms with E-state index >= 15 is 0 Å². The summed E-state index contributed by atoms with van der Waals surface area (Å²) in [4.78, 5) is 10.2. The van der Waals surface area contributed by atoms with Gasteiger partial charge in [0.1, 0.15) is 5.75 Å². The number of carbonyl (C=O) groups excluding carboxylic acids is 1. The third-order valence-electron chi connectivity index (χ3n) is 1.43. The Kier molecular flexibility index (Phi) is 8.34. The first-order chi connectivity index (χ1) is 7.38. The molecule has 4 nitrogen and oxygen atoms in total. The van der Waals surface area contributed by atoms with Crippen molar-refractivity contribution < 1.29 is 14.3 Å². The zero-order valence-electron chi connectivity index (χ0n) is 8.53. The van der Waals surface area contributed by atoms with Crippen LogP contribution in [0.4, 0.5) is 5.69 Å². The number of ether oxygens (including phenoxy) is 2. The molecule has 1 amide bonds. The summed E-state index contributed by atoms with van der Waals surface area (Å²) in [5.74, 6) is 0.594. The topological polar surface area (TPSA) is 47.6 Å². The molecule has 0 aromatic heterocycles. The molecule has 1 aromatic carbocycles. The normalized spacial score (nSPS) is 8.33. The lowest BCUT2D eigenvalue weighted by molar-refractivity contribution is -0.105. The second-order valence-corrected chi connectivity index (χ2v) is 2.31. The van der Waals surface area contributed by atoms with Crippen LogP contribution in [0.2, 0.25) is 0 Å². The van der Waals surface area contributed by atoms with Gasteiger partial charge in [0.15, 0.2) is 6.79 Å². The Balaban J connectivity index is 0.000000921. The molecule has 0 spiro atoms. The average molecular weight is 227 g/mol. The third kappa shape index (κ3) is 5.15. The summed E-state index contributed by atoms with van der Waals surface area (Å²) in [6.07, 6.45) is 3.66. The van der Waals surface area contributed by atoms with Gasteiger partial charge < -0.3 is 14.8 Å². The minimum atomic E-state index is 0.164. The monoisotopic (exact) mass is 227 g/mol. The Bertz CT molecular complexity index is 294. The Morgan fingerprint density at radius 1 is 1.47 bits per heavy atom. The molecule has 1 rings (SSSR count). The van der Waals surface area contributed by atoms with E-state index in [1.165, 1.54) is 7.11 Å². The molecule has 0 saturated heterocycles. The van der Waals surface area contributed by atoms with E-state index < -0.39 is 0 Å². The first-order valence-corrected chi connectivity index (χ1v) is 4.85. The van der Waals surface area contributed by atoms with Crippen LogP contribution >= 0.6 is 8.86 Å². The van der Waals surface area contributed by atoms with Crippen molar-refractivity contribution in [3.05, 3.63) is 24.3 Å². The molecule has 1 aromatic rings. The van der Waals surface area contributed by atoms with Gasteiger partial charge in [-0.25, -0.2) is 0 Å². The van der Waals surface area contributed by atoms with E-state index in [-0.39, 0.29) is 6.79 Å². The van der Waals surface area contributed by atoms with Gasteiger partial charge in [-0.15, -0.1) is 8.86 Å². The highest BCUT2D eigenvalue weighted by Crippen LogP contribution is 2.22. The van der Waals surface area contributed by atoms with Crippen LogP contribution in [0.5, 0.6) is 5.75 Å². The van der Waals surface area contributed by atoms with Crippen LogP contribution in [-0.2, 0) is 9.53 Å². The highest BCUT2D eigenvalue weighted by atomic mass is 31.0. The van der Waals surface area contributed by atoms with E-state index in [0.717, 1.165) is 0 Å². The first kappa shape index (κ1) is 13.6. The van der Waals surface area contributed by atoms with E-state index in [0.29, 0.717) is 17.8 Å². The number of anilines is 1. The molecule has 0 bridgehead atoms. The third-order valence-corrected chi connectivity index (χ3v) is 1.43. The summed E-state index contributed by atoms with van der Waals surface area (Å²) in [5, 5.41) is 2.52. The Morgan fingerprint density at radius 2 is 2.13 bits per heavy atom. The van der Waals surface area contributed by atoms with Crippen LogP contribution in [0.3, 0.4) is 0 Å². The largest absolute Gasteiger partial charge is 0.465 e. The molecule has 0 aliphatic carbocycles. The molecule has 0 heterocycles. The fraction of sp³-hybridized carbons (Fsp3) is 0.200. The molecular weight excluding hydrogens is 213 g/mol. The van der Waals surface area contributed by atoms with Gasteiger partial charge in [0.25, 0.3) is 0 Å². The maximum Gasteiger partial charge on any atom is 0.211 e. The van der Waals surface area contributed by atoms with E-state index in [1.807, 2.05) is 12.1 Å². The van der Waals surface area contributed by atoms with Gasteiger partial charge in [-0.3, -0.25) is 4.79 Å². The number of amides is 1. The SMILES string of the molecule is C=P.COCOc1ccccc1NC=O. The fourth-order valence-corrected chi connectivity index (χ4v) is 0.898. The molecule has 0 radical (unpaired) electrons. The average Bonchev–Trinajstić information content (AvgIpc) is 2.31. The molecule has 0 atom stereocenters. The predicted octanol–water partition coefficient (Wildman–Crippen LogP) is 1.80. The van der Waals surface area contributed by atoms with E-state index in [9.17, 15) is 4.79 Å². The Labute approximate surface area is 91.4 Å². The first-order valence-electron chi connectivity index (χ1n) is 4.15. The molecule has 0 fully saturated rings. The van der Waals surface area contributed by atoms with Crippen molar-refractivity contribution in [3.63, 3.8) is 0 Å². The fourth-order valence-electron chi connectivity index (χ4n) is 0.898. The number of carbonyl (C=O) groups is 1. The molecular formula is C10H14NO3P. The number of benzene rings is 1.